The summed E-state index contributed by atoms with van der Waals surface area (Å²) in [5.41, 5.74) is 4.42. The molecular formula is C25H30ClN5O2S. The van der Waals surface area contributed by atoms with Crippen molar-refractivity contribution in [1.29, 1.82) is 0 Å². The van der Waals surface area contributed by atoms with Gasteiger partial charge in [0.1, 0.15) is 10.7 Å². The number of rotatable bonds is 8. The molecule has 3 aromatic rings. The second kappa shape index (κ2) is 10.0. The summed E-state index contributed by atoms with van der Waals surface area (Å²) in [5.74, 6) is 0.599. The maximum atomic E-state index is 12.3. The van der Waals surface area contributed by atoms with Gasteiger partial charge in [-0.25, -0.2) is 9.78 Å². The topological polar surface area (TPSA) is 84.3 Å². The first-order valence-electron chi connectivity index (χ1n) is 12.0. The number of carbonyl (C=O) groups excluding carboxylic acids is 1. The summed E-state index contributed by atoms with van der Waals surface area (Å²) >= 11 is 8.20. The van der Waals surface area contributed by atoms with Crippen LogP contribution in [0.3, 0.4) is 0 Å². The Morgan fingerprint density at radius 2 is 2.15 bits per heavy atom. The van der Waals surface area contributed by atoms with Crippen molar-refractivity contribution in [3.8, 4) is 0 Å². The first-order chi connectivity index (χ1) is 16.5. The van der Waals surface area contributed by atoms with Crippen molar-refractivity contribution < 1.29 is 9.53 Å². The fourth-order valence-electron chi connectivity index (χ4n) is 4.84. The van der Waals surface area contributed by atoms with Crippen LogP contribution in [0.4, 0.5) is 5.69 Å². The lowest BCUT2D eigenvalue weighted by atomic mass is 10.2. The van der Waals surface area contributed by atoms with Gasteiger partial charge in [-0.05, 0) is 51.3 Å². The number of aryl methyl sites for hydroxylation is 2. The largest absolute Gasteiger partial charge is 0.461 e. The number of thioether (sulfide) groups is 1. The van der Waals surface area contributed by atoms with Gasteiger partial charge in [-0.1, -0.05) is 24.4 Å². The van der Waals surface area contributed by atoms with Crippen molar-refractivity contribution in [2.24, 2.45) is 4.99 Å². The van der Waals surface area contributed by atoms with Crippen molar-refractivity contribution in [1.82, 2.24) is 14.5 Å². The van der Waals surface area contributed by atoms with Gasteiger partial charge in [0.15, 0.2) is 0 Å². The number of aliphatic imine (C=N–C) groups is 1. The Labute approximate surface area is 208 Å². The molecule has 1 fully saturated rings. The fourth-order valence-corrected chi connectivity index (χ4v) is 6.15. The number of hydrogen-bond donors (Lipinski definition) is 2. The SMILES string of the molecule is CCOC(=O)c1c(C)ncn1CC[C@@H]1CSC(c2cc3cc(Cl)cc(NC4CCCC4)c3[nH]2)=N1. The maximum Gasteiger partial charge on any atom is 0.356 e. The molecule has 0 saturated heterocycles. The highest BCUT2D eigenvalue weighted by Crippen LogP contribution is 2.33. The van der Waals surface area contributed by atoms with Gasteiger partial charge in [0, 0.05) is 28.7 Å². The van der Waals surface area contributed by atoms with Gasteiger partial charge in [0.05, 0.1) is 41.6 Å². The minimum absolute atomic E-state index is 0.184. The molecule has 180 valence electrons. The number of aromatic amines is 1. The zero-order valence-electron chi connectivity index (χ0n) is 19.6. The van der Waals surface area contributed by atoms with Crippen LogP contribution in [0, 0.1) is 6.92 Å². The lowest BCUT2D eigenvalue weighted by Crippen LogP contribution is -2.16. The number of esters is 1. The van der Waals surface area contributed by atoms with Crippen LogP contribution in [0.5, 0.6) is 0 Å². The zero-order chi connectivity index (χ0) is 23.7. The number of nitrogens with one attached hydrogen (secondary N) is 2. The van der Waals surface area contributed by atoms with Crippen LogP contribution in [0.25, 0.3) is 10.9 Å². The summed E-state index contributed by atoms with van der Waals surface area (Å²) in [5, 5.41) is 6.56. The van der Waals surface area contributed by atoms with Gasteiger partial charge in [0.2, 0.25) is 0 Å². The lowest BCUT2D eigenvalue weighted by Gasteiger charge is -2.14. The third-order valence-corrected chi connectivity index (χ3v) is 7.91. The molecule has 1 aromatic carbocycles. The standard InChI is InChI=1S/C25H30ClN5O2S/c1-3-33-25(32)23-15(2)27-14-31(23)9-8-19-13-34-24(29-19)21-11-16-10-17(26)12-20(22(16)30-21)28-18-6-4-5-7-18/h10-12,14,18-19,28,30H,3-9,13H2,1-2H3/t19-/m1/s1. The van der Waals surface area contributed by atoms with Crippen molar-refractivity contribution in [2.75, 3.05) is 17.7 Å². The minimum atomic E-state index is -0.318. The van der Waals surface area contributed by atoms with E-state index in [-0.39, 0.29) is 12.0 Å². The van der Waals surface area contributed by atoms with Crippen LogP contribution < -0.4 is 5.32 Å². The molecule has 2 N–H and O–H groups in total. The van der Waals surface area contributed by atoms with Crippen LogP contribution in [0.15, 0.2) is 29.5 Å². The van der Waals surface area contributed by atoms with Crippen molar-refractivity contribution in [3.63, 3.8) is 0 Å². The van der Waals surface area contributed by atoms with E-state index in [2.05, 4.69) is 21.4 Å². The number of halogens is 1. The Hall–Kier alpha value is -2.45. The molecule has 9 heteroatoms. The van der Waals surface area contributed by atoms with Crippen LogP contribution in [-0.4, -0.2) is 50.0 Å². The van der Waals surface area contributed by atoms with Gasteiger partial charge in [-0.3, -0.25) is 4.99 Å². The summed E-state index contributed by atoms with van der Waals surface area (Å²) in [4.78, 5) is 25.2. The predicted molar refractivity (Wildman–Crippen MR) is 140 cm³/mol. The van der Waals surface area contributed by atoms with Crippen molar-refractivity contribution in [2.45, 2.75) is 64.6 Å². The van der Waals surface area contributed by atoms with E-state index in [1.165, 1.54) is 25.7 Å². The molecule has 1 atom stereocenters. The number of H-pyrrole nitrogens is 1. The molecule has 34 heavy (non-hydrogen) atoms. The van der Waals surface area contributed by atoms with E-state index >= 15 is 0 Å². The minimum Gasteiger partial charge on any atom is -0.461 e. The molecule has 1 saturated carbocycles. The van der Waals surface area contributed by atoms with Gasteiger partial charge in [-0.2, -0.15) is 0 Å². The molecule has 3 heterocycles. The van der Waals surface area contributed by atoms with Gasteiger partial charge >= 0.3 is 5.97 Å². The number of carbonyl (C=O) groups is 1. The second-order valence-electron chi connectivity index (χ2n) is 9.01. The number of anilines is 1. The molecule has 0 bridgehead atoms. The number of imidazole rings is 1. The molecule has 1 aliphatic heterocycles. The molecule has 2 aromatic heterocycles. The zero-order valence-corrected chi connectivity index (χ0v) is 21.1. The Morgan fingerprint density at radius 3 is 2.94 bits per heavy atom. The van der Waals surface area contributed by atoms with Gasteiger partial charge in [0.25, 0.3) is 0 Å². The van der Waals surface area contributed by atoms with Crippen molar-refractivity contribution in [3.05, 3.63) is 46.6 Å². The Kier molecular flexibility index (Phi) is 6.88. The number of fused-ring (bicyclic) bond motifs is 1. The monoisotopic (exact) mass is 499 g/mol. The Bertz CT molecular complexity index is 1230. The van der Waals surface area contributed by atoms with E-state index < -0.39 is 0 Å². The second-order valence-corrected chi connectivity index (χ2v) is 10.5. The highest BCUT2D eigenvalue weighted by molar-refractivity contribution is 8.14. The number of aromatic nitrogens is 3. The van der Waals surface area contributed by atoms with E-state index in [1.54, 1.807) is 18.1 Å². The average Bonchev–Trinajstić information content (AvgIpc) is 3.59. The highest BCUT2D eigenvalue weighted by atomic mass is 35.5. The van der Waals surface area contributed by atoms with E-state index in [0.29, 0.717) is 30.6 Å². The molecular weight excluding hydrogens is 470 g/mol. The average molecular weight is 500 g/mol. The molecule has 0 amide bonds. The van der Waals surface area contributed by atoms with Gasteiger partial charge < -0.3 is 19.6 Å². The first-order valence-corrected chi connectivity index (χ1v) is 13.4. The third kappa shape index (κ3) is 4.84. The Balaban J connectivity index is 1.31. The lowest BCUT2D eigenvalue weighted by molar-refractivity contribution is 0.0512. The molecule has 7 nitrogen and oxygen atoms in total. The van der Waals surface area contributed by atoms with E-state index in [0.717, 1.165) is 44.5 Å². The highest BCUT2D eigenvalue weighted by Gasteiger charge is 2.24. The summed E-state index contributed by atoms with van der Waals surface area (Å²) in [6.45, 7) is 4.67. The summed E-state index contributed by atoms with van der Waals surface area (Å²) in [6, 6.07) is 6.87. The predicted octanol–water partition coefficient (Wildman–Crippen LogP) is 5.81. The first kappa shape index (κ1) is 23.3. The Morgan fingerprint density at radius 1 is 1.32 bits per heavy atom. The summed E-state index contributed by atoms with van der Waals surface area (Å²) in [7, 11) is 0. The smallest absolute Gasteiger partial charge is 0.356 e. The van der Waals surface area contributed by atoms with E-state index in [9.17, 15) is 4.79 Å². The van der Waals surface area contributed by atoms with E-state index in [1.807, 2.05) is 30.5 Å². The molecule has 0 spiro atoms. The molecule has 0 unspecified atom stereocenters. The number of nitrogens with zero attached hydrogens (tertiary/aromatic N) is 3. The van der Waals surface area contributed by atoms with E-state index in [4.69, 9.17) is 21.3 Å². The summed E-state index contributed by atoms with van der Waals surface area (Å²) < 4.78 is 7.08. The quantitative estimate of drug-likeness (QED) is 0.382. The third-order valence-electron chi connectivity index (χ3n) is 6.54. The van der Waals surface area contributed by atoms with Gasteiger partial charge in [-0.15, -0.1) is 11.8 Å². The number of ether oxygens (including phenoxy) is 1. The normalized spacial score (nSPS) is 18.6. The molecule has 5 rings (SSSR count). The number of hydrogen-bond acceptors (Lipinski definition) is 6. The van der Waals surface area contributed by atoms with Crippen LogP contribution in [0.1, 0.15) is 60.9 Å². The van der Waals surface area contributed by atoms with Crippen LogP contribution >= 0.6 is 23.4 Å². The number of benzene rings is 1. The van der Waals surface area contributed by atoms with Crippen LogP contribution in [0.2, 0.25) is 5.02 Å². The molecule has 1 aliphatic carbocycles. The summed E-state index contributed by atoms with van der Waals surface area (Å²) in [6.07, 6.45) is 7.53. The fraction of sp³-hybridized carbons (Fsp3) is 0.480. The van der Waals surface area contributed by atoms with Crippen LogP contribution in [-0.2, 0) is 11.3 Å². The van der Waals surface area contributed by atoms with Crippen molar-refractivity contribution >= 4 is 51.0 Å². The molecule has 2 aliphatic rings. The maximum absolute atomic E-state index is 12.3. The molecule has 0 radical (unpaired) electrons.